The van der Waals surface area contributed by atoms with E-state index in [1.165, 1.54) is 18.4 Å². The van der Waals surface area contributed by atoms with E-state index in [9.17, 15) is 9.59 Å². The summed E-state index contributed by atoms with van der Waals surface area (Å²) in [7, 11) is 2.89. The van der Waals surface area contributed by atoms with Gasteiger partial charge in [-0.15, -0.1) is 16.4 Å². The van der Waals surface area contributed by atoms with Crippen molar-refractivity contribution in [2.45, 2.75) is 13.5 Å². The highest BCUT2D eigenvalue weighted by molar-refractivity contribution is 9.10. The first kappa shape index (κ1) is 19.6. The van der Waals surface area contributed by atoms with Crippen LogP contribution in [-0.4, -0.2) is 40.2 Å². The zero-order valence-corrected chi connectivity index (χ0v) is 18.1. The number of halogens is 1. The summed E-state index contributed by atoms with van der Waals surface area (Å²) in [6.45, 7) is 2.21. The van der Waals surface area contributed by atoms with E-state index in [-0.39, 0.29) is 11.1 Å². The number of aryl methyl sites for hydroxylation is 1. The van der Waals surface area contributed by atoms with Crippen LogP contribution in [0.5, 0.6) is 0 Å². The Hall–Kier alpha value is -2.69. The fraction of sp³-hybridized carbons (Fsp3) is 0.211. The quantitative estimate of drug-likeness (QED) is 0.418. The number of rotatable bonds is 4. The van der Waals surface area contributed by atoms with Crippen molar-refractivity contribution in [3.63, 3.8) is 0 Å². The molecule has 8 nitrogen and oxygen atoms in total. The molecule has 0 amide bonds. The summed E-state index contributed by atoms with van der Waals surface area (Å²) < 4.78 is 12.5. The number of thiophene rings is 1. The summed E-state index contributed by atoms with van der Waals surface area (Å²) in [5.41, 5.74) is 2.26. The molecular formula is C19H15BrN4O4S. The zero-order valence-electron chi connectivity index (χ0n) is 15.7. The second-order valence-corrected chi connectivity index (χ2v) is 7.99. The van der Waals surface area contributed by atoms with Crippen molar-refractivity contribution < 1.29 is 14.3 Å². The van der Waals surface area contributed by atoms with Gasteiger partial charge in [0, 0.05) is 22.5 Å². The molecule has 0 aliphatic carbocycles. The Morgan fingerprint density at radius 3 is 2.76 bits per heavy atom. The number of fused-ring (bicyclic) bond motifs is 3. The van der Waals surface area contributed by atoms with Crippen molar-refractivity contribution in [1.82, 2.24) is 20.0 Å². The minimum absolute atomic E-state index is 0.226. The summed E-state index contributed by atoms with van der Waals surface area (Å²) >= 11 is 4.80. The van der Waals surface area contributed by atoms with Crippen LogP contribution in [0.2, 0.25) is 0 Å². The largest absolute Gasteiger partial charge is 0.465 e. The lowest BCUT2D eigenvalue weighted by Gasteiger charge is -2.09. The molecule has 0 spiro atoms. The first-order valence-electron chi connectivity index (χ1n) is 8.51. The van der Waals surface area contributed by atoms with Gasteiger partial charge in [-0.2, -0.15) is 4.68 Å². The molecule has 0 bridgehead atoms. The van der Waals surface area contributed by atoms with Gasteiger partial charge in [0.15, 0.2) is 0 Å². The maximum Gasteiger partial charge on any atom is 0.340 e. The summed E-state index contributed by atoms with van der Waals surface area (Å²) in [6.07, 6.45) is 0. The fourth-order valence-electron chi connectivity index (χ4n) is 3.14. The first-order valence-corrected chi connectivity index (χ1v) is 10.1. The maximum atomic E-state index is 13.2. The smallest absolute Gasteiger partial charge is 0.340 e. The van der Waals surface area contributed by atoms with Gasteiger partial charge in [0.2, 0.25) is 0 Å². The van der Waals surface area contributed by atoms with Crippen LogP contribution in [-0.2, 0) is 16.1 Å². The topological polar surface area (TPSA) is 96.2 Å². The van der Waals surface area contributed by atoms with Gasteiger partial charge in [-0.05, 0) is 35.0 Å². The SMILES string of the molecule is COCc1c(Br)c(C)nc2sc3c(=O)n(-c4ccccc4C(=O)OC)nnc3c12. The molecule has 0 unspecified atom stereocenters. The molecule has 148 valence electrons. The number of hydrogen-bond donors (Lipinski definition) is 0. The van der Waals surface area contributed by atoms with Crippen molar-refractivity contribution in [3.05, 3.63) is 55.9 Å². The summed E-state index contributed by atoms with van der Waals surface area (Å²) in [5, 5.41) is 9.14. The van der Waals surface area contributed by atoms with Gasteiger partial charge in [-0.1, -0.05) is 17.3 Å². The molecule has 3 heterocycles. The number of carbonyl (C=O) groups excluding carboxylic acids is 1. The summed E-state index contributed by atoms with van der Waals surface area (Å²) in [4.78, 5) is 30.6. The Morgan fingerprint density at radius 2 is 2.03 bits per heavy atom. The van der Waals surface area contributed by atoms with Crippen LogP contribution in [0.25, 0.3) is 26.1 Å². The molecule has 3 aromatic heterocycles. The highest BCUT2D eigenvalue weighted by Crippen LogP contribution is 2.36. The molecule has 4 aromatic rings. The number of ether oxygens (including phenoxy) is 2. The Labute approximate surface area is 177 Å². The third-order valence-corrected chi connectivity index (χ3v) is 6.58. The average Bonchev–Trinajstić information content (AvgIpc) is 3.10. The number of methoxy groups -OCH3 is 2. The molecule has 0 atom stereocenters. The van der Waals surface area contributed by atoms with E-state index >= 15 is 0 Å². The molecule has 0 radical (unpaired) electrons. The van der Waals surface area contributed by atoms with Crippen molar-refractivity contribution >= 4 is 53.7 Å². The van der Waals surface area contributed by atoms with Crippen molar-refractivity contribution in [3.8, 4) is 5.69 Å². The average molecular weight is 475 g/mol. The van der Waals surface area contributed by atoms with Crippen LogP contribution in [0.15, 0.2) is 33.5 Å². The number of hydrogen-bond acceptors (Lipinski definition) is 8. The molecule has 1 aromatic carbocycles. The van der Waals surface area contributed by atoms with E-state index in [4.69, 9.17) is 9.47 Å². The van der Waals surface area contributed by atoms with Crippen molar-refractivity contribution in [2.24, 2.45) is 0 Å². The summed E-state index contributed by atoms with van der Waals surface area (Å²) in [6, 6.07) is 6.59. The zero-order chi connectivity index (χ0) is 20.7. The van der Waals surface area contributed by atoms with E-state index < -0.39 is 5.97 Å². The van der Waals surface area contributed by atoms with Crippen LogP contribution in [0.3, 0.4) is 0 Å². The number of benzene rings is 1. The molecule has 0 fully saturated rings. The molecule has 0 saturated carbocycles. The van der Waals surface area contributed by atoms with E-state index in [1.54, 1.807) is 31.4 Å². The Balaban J connectivity index is 2.04. The second kappa shape index (κ2) is 7.62. The lowest BCUT2D eigenvalue weighted by atomic mass is 10.1. The third kappa shape index (κ3) is 3.13. The van der Waals surface area contributed by atoms with Gasteiger partial charge in [0.1, 0.15) is 15.0 Å². The van der Waals surface area contributed by atoms with Gasteiger partial charge in [0.05, 0.1) is 30.7 Å². The first-order chi connectivity index (χ1) is 14.0. The number of pyridine rings is 1. The van der Waals surface area contributed by atoms with E-state index in [0.717, 1.165) is 25.8 Å². The van der Waals surface area contributed by atoms with Crippen LogP contribution >= 0.6 is 27.3 Å². The predicted octanol–water partition coefficient (Wildman–Crippen LogP) is 3.39. The normalized spacial score (nSPS) is 11.3. The monoisotopic (exact) mass is 474 g/mol. The Bertz CT molecular complexity index is 1330. The van der Waals surface area contributed by atoms with Crippen molar-refractivity contribution in [1.29, 1.82) is 0 Å². The lowest BCUT2D eigenvalue weighted by Crippen LogP contribution is -2.24. The van der Waals surface area contributed by atoms with Gasteiger partial charge in [0.25, 0.3) is 5.56 Å². The highest BCUT2D eigenvalue weighted by atomic mass is 79.9. The highest BCUT2D eigenvalue weighted by Gasteiger charge is 2.22. The number of carbonyl (C=O) groups is 1. The number of para-hydroxylation sites is 1. The minimum Gasteiger partial charge on any atom is -0.465 e. The molecular weight excluding hydrogens is 460 g/mol. The molecule has 0 saturated heterocycles. The Morgan fingerprint density at radius 1 is 1.28 bits per heavy atom. The van der Waals surface area contributed by atoms with Gasteiger partial charge >= 0.3 is 5.97 Å². The molecule has 10 heteroatoms. The fourth-order valence-corrected chi connectivity index (χ4v) is 4.65. The molecule has 0 aliphatic heterocycles. The van der Waals surface area contributed by atoms with Gasteiger partial charge in [-0.3, -0.25) is 4.79 Å². The standard InChI is InChI=1S/C19H15BrN4O4S/c1-9-14(20)11(8-27-2)13-15-16(29-17(13)21-9)18(25)24(23-22-15)12-7-5-4-6-10(12)19(26)28-3/h4-7H,8H2,1-3H3. The molecule has 4 rings (SSSR count). The molecule has 0 aliphatic rings. The predicted molar refractivity (Wildman–Crippen MR) is 113 cm³/mol. The number of esters is 1. The lowest BCUT2D eigenvalue weighted by molar-refractivity contribution is 0.0600. The number of nitrogens with zero attached hydrogens (tertiary/aromatic N) is 4. The van der Waals surface area contributed by atoms with Gasteiger partial charge < -0.3 is 9.47 Å². The third-order valence-electron chi connectivity index (χ3n) is 4.47. The molecule has 0 N–H and O–H groups in total. The second-order valence-electron chi connectivity index (χ2n) is 6.20. The Kier molecular flexibility index (Phi) is 5.15. The van der Waals surface area contributed by atoms with Crippen LogP contribution in [0.4, 0.5) is 0 Å². The number of aromatic nitrogens is 4. The molecule has 29 heavy (non-hydrogen) atoms. The maximum absolute atomic E-state index is 13.2. The summed E-state index contributed by atoms with van der Waals surface area (Å²) in [5.74, 6) is -0.561. The van der Waals surface area contributed by atoms with E-state index in [0.29, 0.717) is 27.3 Å². The van der Waals surface area contributed by atoms with E-state index in [2.05, 4.69) is 31.2 Å². The van der Waals surface area contributed by atoms with Crippen molar-refractivity contribution in [2.75, 3.05) is 14.2 Å². The van der Waals surface area contributed by atoms with Gasteiger partial charge in [-0.25, -0.2) is 9.78 Å². The van der Waals surface area contributed by atoms with Crippen LogP contribution < -0.4 is 5.56 Å². The van der Waals surface area contributed by atoms with Crippen LogP contribution in [0.1, 0.15) is 21.6 Å². The van der Waals surface area contributed by atoms with E-state index in [1.807, 2.05) is 6.92 Å². The van der Waals surface area contributed by atoms with Crippen LogP contribution in [0, 0.1) is 6.92 Å². The minimum atomic E-state index is -0.561.